The molecule has 0 saturated carbocycles. The molecule has 0 atom stereocenters. The van der Waals surface area contributed by atoms with E-state index < -0.39 is 49.8 Å². The Balaban J connectivity index is 3.52. The standard InChI is InChI=1S/C11H10F3NO6S/c1-21-7-4-6(15-10(18)11(12,13)14)5(9(16)17)3-8(7)22(2,19)20/h3-4H,1-2H3,(H,15,18)(H,16,17). The first-order valence-corrected chi connectivity index (χ1v) is 7.30. The Morgan fingerprint density at radius 1 is 1.27 bits per heavy atom. The van der Waals surface area contributed by atoms with Crippen LogP contribution < -0.4 is 10.1 Å². The molecule has 1 aromatic rings. The van der Waals surface area contributed by atoms with Crippen LogP contribution in [-0.4, -0.2) is 44.9 Å². The van der Waals surface area contributed by atoms with Gasteiger partial charge in [-0.25, -0.2) is 13.2 Å². The van der Waals surface area contributed by atoms with E-state index >= 15 is 0 Å². The van der Waals surface area contributed by atoms with Gasteiger partial charge in [-0.15, -0.1) is 0 Å². The molecule has 0 unspecified atom stereocenters. The molecular formula is C11H10F3NO6S. The second-order valence-corrected chi connectivity index (χ2v) is 6.06. The number of methoxy groups -OCH3 is 1. The second kappa shape index (κ2) is 5.83. The molecule has 0 bridgehead atoms. The maximum Gasteiger partial charge on any atom is 0.471 e. The normalized spacial score (nSPS) is 11.9. The summed E-state index contributed by atoms with van der Waals surface area (Å²) >= 11 is 0. The fourth-order valence-electron chi connectivity index (χ4n) is 1.48. The number of aromatic carboxylic acids is 1. The summed E-state index contributed by atoms with van der Waals surface area (Å²) in [5, 5.41) is 10.3. The molecule has 0 radical (unpaired) electrons. The quantitative estimate of drug-likeness (QED) is 0.854. The number of hydrogen-bond donors (Lipinski definition) is 2. The Labute approximate surface area is 122 Å². The van der Waals surface area contributed by atoms with Crippen molar-refractivity contribution < 1.29 is 41.0 Å². The summed E-state index contributed by atoms with van der Waals surface area (Å²) in [7, 11) is -2.86. The maximum atomic E-state index is 12.2. The van der Waals surface area contributed by atoms with Crippen molar-refractivity contribution in [1.82, 2.24) is 0 Å². The predicted molar refractivity (Wildman–Crippen MR) is 67.7 cm³/mol. The molecule has 0 saturated heterocycles. The third kappa shape index (κ3) is 3.87. The fraction of sp³-hybridized carbons (Fsp3) is 0.273. The average Bonchev–Trinajstić information content (AvgIpc) is 2.35. The molecule has 1 rings (SSSR count). The van der Waals surface area contributed by atoms with Crippen molar-refractivity contribution in [1.29, 1.82) is 0 Å². The van der Waals surface area contributed by atoms with E-state index in [2.05, 4.69) is 0 Å². The summed E-state index contributed by atoms with van der Waals surface area (Å²) in [6.45, 7) is 0. The first-order chi connectivity index (χ1) is 9.87. The highest BCUT2D eigenvalue weighted by Crippen LogP contribution is 2.32. The van der Waals surface area contributed by atoms with Gasteiger partial charge in [-0.3, -0.25) is 4.79 Å². The van der Waals surface area contributed by atoms with Crippen LogP contribution in [0.4, 0.5) is 18.9 Å². The van der Waals surface area contributed by atoms with Crippen LogP contribution in [0.3, 0.4) is 0 Å². The van der Waals surface area contributed by atoms with E-state index in [4.69, 9.17) is 9.84 Å². The Bertz CT molecular complexity index is 726. The topological polar surface area (TPSA) is 110 Å². The van der Waals surface area contributed by atoms with Crippen molar-refractivity contribution in [3.63, 3.8) is 0 Å². The molecule has 1 amide bonds. The lowest BCUT2D eigenvalue weighted by Crippen LogP contribution is -2.30. The van der Waals surface area contributed by atoms with Gasteiger partial charge in [0.2, 0.25) is 0 Å². The van der Waals surface area contributed by atoms with Crippen LogP contribution in [0, 0.1) is 0 Å². The van der Waals surface area contributed by atoms with Gasteiger partial charge in [-0.1, -0.05) is 0 Å². The lowest BCUT2D eigenvalue weighted by Gasteiger charge is -2.14. The van der Waals surface area contributed by atoms with Gasteiger partial charge in [-0.2, -0.15) is 13.2 Å². The predicted octanol–water partition coefficient (Wildman–Crippen LogP) is 1.30. The zero-order valence-electron chi connectivity index (χ0n) is 11.2. The third-order valence-corrected chi connectivity index (χ3v) is 3.56. The molecule has 0 aliphatic heterocycles. The number of halogens is 3. The summed E-state index contributed by atoms with van der Waals surface area (Å²) in [4.78, 5) is 21.4. The lowest BCUT2D eigenvalue weighted by atomic mass is 10.1. The summed E-state index contributed by atoms with van der Waals surface area (Å²) in [6.07, 6.45) is -4.47. The molecule has 0 aliphatic rings. The number of hydrogen-bond acceptors (Lipinski definition) is 5. The molecule has 22 heavy (non-hydrogen) atoms. The zero-order valence-corrected chi connectivity index (χ0v) is 12.0. The molecule has 0 heterocycles. The SMILES string of the molecule is COc1cc(NC(=O)C(F)(F)F)c(C(=O)O)cc1S(C)(=O)=O. The van der Waals surface area contributed by atoms with Gasteiger partial charge in [-0.05, 0) is 6.07 Å². The van der Waals surface area contributed by atoms with Crippen LogP contribution in [-0.2, 0) is 14.6 Å². The molecule has 1 aromatic carbocycles. The van der Waals surface area contributed by atoms with E-state index in [0.29, 0.717) is 12.1 Å². The highest BCUT2D eigenvalue weighted by atomic mass is 32.2. The molecule has 2 N–H and O–H groups in total. The van der Waals surface area contributed by atoms with Crippen LogP contribution in [0.25, 0.3) is 0 Å². The number of carboxylic acid groups (broad SMARTS) is 1. The average molecular weight is 341 g/mol. The summed E-state index contributed by atoms with van der Waals surface area (Å²) in [5.74, 6) is -4.51. The highest BCUT2D eigenvalue weighted by molar-refractivity contribution is 7.90. The van der Waals surface area contributed by atoms with Gasteiger partial charge in [0.1, 0.15) is 10.6 Å². The molecular weight excluding hydrogens is 331 g/mol. The first-order valence-electron chi connectivity index (χ1n) is 5.41. The molecule has 0 aliphatic carbocycles. The number of alkyl halides is 3. The molecule has 7 nitrogen and oxygen atoms in total. The van der Waals surface area contributed by atoms with Gasteiger partial charge < -0.3 is 15.2 Å². The minimum atomic E-state index is -5.24. The van der Waals surface area contributed by atoms with Gasteiger partial charge in [0.25, 0.3) is 0 Å². The Morgan fingerprint density at radius 3 is 2.18 bits per heavy atom. The maximum absolute atomic E-state index is 12.2. The van der Waals surface area contributed by atoms with Crippen LogP contribution in [0.2, 0.25) is 0 Å². The first kappa shape index (κ1) is 17.8. The van der Waals surface area contributed by atoms with Crippen LogP contribution >= 0.6 is 0 Å². The lowest BCUT2D eigenvalue weighted by molar-refractivity contribution is -0.167. The van der Waals surface area contributed by atoms with E-state index in [1.165, 1.54) is 5.32 Å². The van der Waals surface area contributed by atoms with Crippen molar-refractivity contribution in [3.05, 3.63) is 17.7 Å². The molecule has 0 spiro atoms. The van der Waals surface area contributed by atoms with Crippen molar-refractivity contribution in [2.24, 2.45) is 0 Å². The van der Waals surface area contributed by atoms with Crippen molar-refractivity contribution in [2.45, 2.75) is 11.1 Å². The highest BCUT2D eigenvalue weighted by Gasteiger charge is 2.39. The van der Waals surface area contributed by atoms with Crippen LogP contribution in [0.1, 0.15) is 10.4 Å². The number of anilines is 1. The molecule has 0 aromatic heterocycles. The van der Waals surface area contributed by atoms with Gasteiger partial charge in [0, 0.05) is 12.3 Å². The van der Waals surface area contributed by atoms with Crippen LogP contribution in [0.5, 0.6) is 5.75 Å². The monoisotopic (exact) mass is 341 g/mol. The third-order valence-electron chi connectivity index (χ3n) is 2.44. The number of rotatable bonds is 4. The Morgan fingerprint density at radius 2 is 1.82 bits per heavy atom. The largest absolute Gasteiger partial charge is 0.495 e. The molecule has 122 valence electrons. The number of carbonyl (C=O) groups excluding carboxylic acids is 1. The summed E-state index contributed by atoms with van der Waals surface area (Å²) < 4.78 is 64.5. The van der Waals surface area contributed by atoms with E-state index in [1.54, 1.807) is 0 Å². The Hall–Kier alpha value is -2.30. The second-order valence-electron chi connectivity index (χ2n) is 4.08. The van der Waals surface area contributed by atoms with Gasteiger partial charge >= 0.3 is 18.1 Å². The Kier molecular flexibility index (Phi) is 4.70. The number of carboxylic acids is 1. The molecule has 0 fully saturated rings. The summed E-state index contributed by atoms with van der Waals surface area (Å²) in [6, 6.07) is 1.31. The smallest absolute Gasteiger partial charge is 0.471 e. The number of carbonyl (C=O) groups is 2. The van der Waals surface area contributed by atoms with E-state index in [1.807, 2.05) is 0 Å². The van der Waals surface area contributed by atoms with E-state index in [-0.39, 0.29) is 0 Å². The zero-order chi connectivity index (χ0) is 17.3. The number of benzene rings is 1. The van der Waals surface area contributed by atoms with Gasteiger partial charge in [0.15, 0.2) is 9.84 Å². The van der Waals surface area contributed by atoms with Crippen LogP contribution in [0.15, 0.2) is 17.0 Å². The molecule has 11 heteroatoms. The van der Waals surface area contributed by atoms with E-state index in [9.17, 15) is 31.2 Å². The minimum absolute atomic E-state index is 0.398. The summed E-state index contributed by atoms with van der Waals surface area (Å²) in [5.41, 5.74) is -1.56. The van der Waals surface area contributed by atoms with Gasteiger partial charge in [0.05, 0.1) is 18.4 Å². The number of ether oxygens (including phenoxy) is 1. The van der Waals surface area contributed by atoms with Crippen molar-refractivity contribution in [3.8, 4) is 5.75 Å². The number of nitrogens with one attached hydrogen (secondary N) is 1. The number of sulfone groups is 1. The van der Waals surface area contributed by atoms with Crippen molar-refractivity contribution in [2.75, 3.05) is 18.7 Å². The number of amides is 1. The fourth-order valence-corrected chi connectivity index (χ4v) is 2.32. The van der Waals surface area contributed by atoms with E-state index in [0.717, 1.165) is 13.4 Å². The minimum Gasteiger partial charge on any atom is -0.495 e. The van der Waals surface area contributed by atoms with Crippen molar-refractivity contribution >= 4 is 27.4 Å².